The summed E-state index contributed by atoms with van der Waals surface area (Å²) in [4.78, 5) is 0. The van der Waals surface area contributed by atoms with E-state index in [0.717, 1.165) is 12.0 Å². The Hall–Kier alpha value is -2.83. The van der Waals surface area contributed by atoms with E-state index in [1.807, 2.05) is 18.2 Å². The van der Waals surface area contributed by atoms with Crippen molar-refractivity contribution in [3.63, 3.8) is 0 Å². The van der Waals surface area contributed by atoms with Crippen LogP contribution >= 0.6 is 0 Å². The van der Waals surface area contributed by atoms with Crippen LogP contribution in [0.25, 0.3) is 23.3 Å². The Balaban J connectivity index is 0.000000227. The molecule has 0 aromatic heterocycles. The molecule has 0 bridgehead atoms. The summed E-state index contributed by atoms with van der Waals surface area (Å²) in [7, 11) is 0. The molecule has 0 amide bonds. The molecule has 3 heteroatoms. The molecule has 0 saturated heterocycles. The summed E-state index contributed by atoms with van der Waals surface area (Å²) in [5.74, 6) is 0.522. The van der Waals surface area contributed by atoms with E-state index in [-0.39, 0.29) is 24.8 Å². The van der Waals surface area contributed by atoms with Crippen LogP contribution < -0.4 is 24.8 Å². The first-order valence-electron chi connectivity index (χ1n) is 14.1. The monoisotopic (exact) mass is 678 g/mol. The standard InChI is InChI=1S/C17H13.C13H10.C10H15.2ClH.Zr/c1-3-12-5-7-14-11-15-8-6-13(4-2)10-17(15)16(14)9-12;1-3-7-12(8-4-1)11-13-9-5-2-6-10-13;1-8-5-6-9(7-8)10(2,3)4;;;/h3-7,9-10H,1-2,11H2;1-10H;6-8H,1-4H3;2*1H;/q-1;;-1;;;+2/p-2. The molecular formula is C40H38Cl2Zr-2. The Morgan fingerprint density at radius 3 is 1.84 bits per heavy atom. The van der Waals surface area contributed by atoms with Crippen LogP contribution in [0.15, 0.2) is 122 Å². The van der Waals surface area contributed by atoms with Crippen LogP contribution in [0.4, 0.5) is 0 Å². The second kappa shape index (κ2) is 16.9. The normalized spacial score (nSPS) is 13.7. The van der Waals surface area contributed by atoms with Gasteiger partial charge in [-0.3, -0.25) is 6.08 Å². The minimum absolute atomic E-state index is 0. The number of rotatable bonds is 4. The maximum absolute atomic E-state index is 3.82. The van der Waals surface area contributed by atoms with Crippen LogP contribution in [0.5, 0.6) is 0 Å². The van der Waals surface area contributed by atoms with Crippen molar-refractivity contribution in [3.05, 3.63) is 167 Å². The number of fused-ring (bicyclic) bond motifs is 3. The van der Waals surface area contributed by atoms with Crippen molar-refractivity contribution in [1.29, 1.82) is 0 Å². The van der Waals surface area contributed by atoms with Gasteiger partial charge in [0.2, 0.25) is 0 Å². The molecule has 0 aliphatic heterocycles. The second-order valence-electron chi connectivity index (χ2n) is 11.4. The Kier molecular flexibility index (Phi) is 14.3. The average molecular weight is 681 g/mol. The number of allylic oxidation sites excluding steroid dienone is 4. The summed E-state index contributed by atoms with van der Waals surface area (Å²) in [6, 6.07) is 35.2. The predicted molar refractivity (Wildman–Crippen MR) is 174 cm³/mol. The SMILES string of the molecule is C=Cc1c[c-]c2c(c1)-c1cc(C=C)ccc1C2.CC1[C-]=CC(C(C)(C)C)=C1.[Cl-].[Cl-].[Zr+2]=[C](c1ccccc1)c1ccccc1. The third kappa shape index (κ3) is 9.84. The summed E-state index contributed by atoms with van der Waals surface area (Å²) in [6.07, 6.45) is 12.4. The van der Waals surface area contributed by atoms with Gasteiger partial charge in [0, 0.05) is 0 Å². The fourth-order valence-electron chi connectivity index (χ4n) is 4.79. The molecule has 0 spiro atoms. The first-order chi connectivity index (χ1) is 19.7. The zero-order valence-electron chi connectivity index (χ0n) is 25.4. The number of hydrogen-bond acceptors (Lipinski definition) is 0. The molecule has 1 unspecified atom stereocenters. The minimum atomic E-state index is 0. The molecule has 4 aromatic rings. The van der Waals surface area contributed by atoms with E-state index in [9.17, 15) is 0 Å². The number of hydrogen-bond donors (Lipinski definition) is 0. The number of benzene rings is 4. The van der Waals surface area contributed by atoms with Crippen LogP contribution in [0.1, 0.15) is 61.1 Å². The quantitative estimate of drug-likeness (QED) is 0.251. The van der Waals surface area contributed by atoms with Gasteiger partial charge in [-0.05, 0) is 12.0 Å². The van der Waals surface area contributed by atoms with Crippen molar-refractivity contribution in [1.82, 2.24) is 0 Å². The molecule has 218 valence electrons. The molecule has 0 radical (unpaired) electrons. The molecular weight excluding hydrogens is 643 g/mol. The molecule has 0 nitrogen and oxygen atoms in total. The Labute approximate surface area is 286 Å². The van der Waals surface area contributed by atoms with Gasteiger partial charge in [-0.15, -0.1) is 23.8 Å². The molecule has 43 heavy (non-hydrogen) atoms. The van der Waals surface area contributed by atoms with Crippen LogP contribution in [0.2, 0.25) is 0 Å². The summed E-state index contributed by atoms with van der Waals surface area (Å²) >= 11 is 1.46. The van der Waals surface area contributed by atoms with E-state index in [4.69, 9.17) is 0 Å². The van der Waals surface area contributed by atoms with Crippen molar-refractivity contribution in [2.24, 2.45) is 11.3 Å². The molecule has 0 fully saturated rings. The predicted octanol–water partition coefficient (Wildman–Crippen LogP) is 4.12. The fourth-order valence-corrected chi connectivity index (χ4v) is 5.61. The molecule has 4 aromatic carbocycles. The number of halogens is 2. The molecule has 2 aliphatic rings. The Bertz CT molecular complexity index is 1490. The van der Waals surface area contributed by atoms with Crippen molar-refractivity contribution in [2.75, 3.05) is 0 Å². The zero-order chi connectivity index (χ0) is 29.4. The van der Waals surface area contributed by atoms with Crippen LogP contribution in [0, 0.1) is 23.5 Å². The summed E-state index contributed by atoms with van der Waals surface area (Å²) < 4.78 is 1.42. The Morgan fingerprint density at radius 2 is 1.37 bits per heavy atom. The van der Waals surface area contributed by atoms with Gasteiger partial charge in [-0.2, -0.15) is 35.4 Å². The van der Waals surface area contributed by atoms with E-state index >= 15 is 0 Å². The van der Waals surface area contributed by atoms with Gasteiger partial charge >= 0.3 is 99.2 Å². The maximum atomic E-state index is 3.82. The molecule has 2 aliphatic carbocycles. The van der Waals surface area contributed by atoms with E-state index in [1.54, 1.807) is 0 Å². The molecule has 0 saturated carbocycles. The molecule has 1 atom stereocenters. The first-order valence-corrected chi connectivity index (χ1v) is 15.4. The summed E-state index contributed by atoms with van der Waals surface area (Å²) in [5.41, 5.74) is 11.9. The second-order valence-corrected chi connectivity index (χ2v) is 12.6. The molecule has 0 N–H and O–H groups in total. The third-order valence-electron chi connectivity index (χ3n) is 7.23. The van der Waals surface area contributed by atoms with E-state index < -0.39 is 0 Å². The topological polar surface area (TPSA) is 0 Å². The van der Waals surface area contributed by atoms with Gasteiger partial charge < -0.3 is 24.8 Å². The van der Waals surface area contributed by atoms with Gasteiger partial charge in [-0.1, -0.05) is 81.0 Å². The van der Waals surface area contributed by atoms with Crippen LogP contribution in [-0.2, 0) is 30.7 Å². The Morgan fingerprint density at radius 1 is 0.814 bits per heavy atom. The van der Waals surface area contributed by atoms with E-state index in [2.05, 4.69) is 150 Å². The van der Waals surface area contributed by atoms with Crippen molar-refractivity contribution in [2.45, 2.75) is 34.1 Å². The van der Waals surface area contributed by atoms with Gasteiger partial charge in [0.1, 0.15) is 0 Å². The van der Waals surface area contributed by atoms with Crippen LogP contribution in [-0.4, -0.2) is 3.21 Å². The van der Waals surface area contributed by atoms with Gasteiger partial charge in [0.25, 0.3) is 0 Å². The molecule has 0 heterocycles. The van der Waals surface area contributed by atoms with Crippen LogP contribution in [0.3, 0.4) is 0 Å². The summed E-state index contributed by atoms with van der Waals surface area (Å²) in [5, 5.41) is 0. The zero-order valence-corrected chi connectivity index (χ0v) is 29.4. The van der Waals surface area contributed by atoms with Crippen molar-refractivity contribution in [3.8, 4) is 11.1 Å². The fraction of sp³-hybridized carbons (Fsp3) is 0.175. The van der Waals surface area contributed by atoms with E-state index in [0.29, 0.717) is 11.3 Å². The molecule has 6 rings (SSSR count). The van der Waals surface area contributed by atoms with Crippen molar-refractivity contribution >= 4 is 15.4 Å². The summed E-state index contributed by atoms with van der Waals surface area (Å²) in [6.45, 7) is 16.5. The van der Waals surface area contributed by atoms with Gasteiger partial charge in [0.05, 0.1) is 0 Å². The van der Waals surface area contributed by atoms with Gasteiger partial charge in [0.15, 0.2) is 0 Å². The van der Waals surface area contributed by atoms with Gasteiger partial charge in [-0.25, -0.2) is 6.08 Å². The third-order valence-corrected chi connectivity index (χ3v) is 8.65. The average Bonchev–Trinajstić information content (AvgIpc) is 3.61. The first kappa shape index (κ1) is 36.4. The van der Waals surface area contributed by atoms with E-state index in [1.165, 1.54) is 72.0 Å². The van der Waals surface area contributed by atoms with Crippen molar-refractivity contribution < 1.29 is 49.0 Å².